The van der Waals surface area contributed by atoms with Gasteiger partial charge < -0.3 is 9.15 Å². The highest BCUT2D eigenvalue weighted by Crippen LogP contribution is 2.37. The average molecular weight is 536 g/mol. The lowest BCUT2D eigenvalue weighted by Crippen LogP contribution is -2.04. The number of benzene rings is 2. The predicted octanol–water partition coefficient (Wildman–Crippen LogP) is 6.40. The van der Waals surface area contributed by atoms with Crippen LogP contribution in [-0.4, -0.2) is 32.6 Å². The number of hydrogen-bond donors (Lipinski definition) is 0. The average Bonchev–Trinajstić information content (AvgIpc) is 3.39. The molecule has 2 aromatic carbocycles. The van der Waals surface area contributed by atoms with Crippen LogP contribution in [0.1, 0.15) is 30.1 Å². The molecule has 0 radical (unpaired) electrons. The Morgan fingerprint density at radius 2 is 1.88 bits per heavy atom. The van der Waals surface area contributed by atoms with E-state index in [1.54, 1.807) is 29.8 Å². The van der Waals surface area contributed by atoms with Crippen molar-refractivity contribution in [3.05, 3.63) is 68.4 Å². The van der Waals surface area contributed by atoms with Crippen LogP contribution in [0.4, 0.5) is 0 Å². The molecule has 0 spiro atoms. The molecule has 0 aliphatic heterocycles. The van der Waals surface area contributed by atoms with E-state index in [-0.39, 0.29) is 18.4 Å². The molecular weight excluding hydrogens is 519 g/mol. The van der Waals surface area contributed by atoms with E-state index >= 15 is 0 Å². The molecule has 2 heterocycles. The van der Waals surface area contributed by atoms with Crippen LogP contribution in [0.15, 0.2) is 51.4 Å². The molecule has 0 fully saturated rings. The van der Waals surface area contributed by atoms with Gasteiger partial charge in [-0.15, -0.1) is 10.2 Å². The predicted molar refractivity (Wildman–Crippen MR) is 125 cm³/mol. The molecule has 0 bridgehead atoms. The molecule has 10 heteroatoms. The van der Waals surface area contributed by atoms with Crippen molar-refractivity contribution in [2.24, 2.45) is 0 Å². The second-order valence-corrected chi connectivity index (χ2v) is 8.44. The van der Waals surface area contributed by atoms with Crippen LogP contribution in [0.3, 0.4) is 0 Å². The van der Waals surface area contributed by atoms with E-state index in [1.165, 1.54) is 0 Å². The van der Waals surface area contributed by atoms with Crippen molar-refractivity contribution in [1.29, 1.82) is 0 Å². The van der Waals surface area contributed by atoms with E-state index in [2.05, 4.69) is 26.1 Å². The first kappa shape index (κ1) is 22.5. The minimum absolute atomic E-state index is 0.118. The summed E-state index contributed by atoms with van der Waals surface area (Å²) in [6.45, 7) is 3.90. The molecule has 4 rings (SSSR count). The van der Waals surface area contributed by atoms with Crippen LogP contribution in [-0.2, 0) is 11.2 Å². The van der Waals surface area contributed by atoms with E-state index in [1.807, 2.05) is 31.2 Å². The fourth-order valence-corrected chi connectivity index (χ4v) is 4.04. The van der Waals surface area contributed by atoms with Crippen LogP contribution in [0, 0.1) is 0 Å². The monoisotopic (exact) mass is 534 g/mol. The van der Waals surface area contributed by atoms with Crippen LogP contribution >= 0.6 is 39.1 Å². The third-order valence-electron chi connectivity index (χ3n) is 4.67. The maximum absolute atomic E-state index is 12.0. The number of carbonyl (C=O) groups is 1. The quantitative estimate of drug-likeness (QED) is 0.266. The Hall–Kier alpha value is -2.68. The number of carbonyl (C=O) groups excluding carboxylic acids is 1. The van der Waals surface area contributed by atoms with E-state index in [0.29, 0.717) is 27.8 Å². The summed E-state index contributed by atoms with van der Waals surface area (Å²) in [4.78, 5) is 12.0. The number of esters is 1. The zero-order chi connectivity index (χ0) is 22.8. The first-order chi connectivity index (χ1) is 15.4. The van der Waals surface area contributed by atoms with Crippen molar-refractivity contribution >= 4 is 45.1 Å². The summed E-state index contributed by atoms with van der Waals surface area (Å²) in [7, 11) is 0. The topological polar surface area (TPSA) is 83.0 Å². The maximum Gasteiger partial charge on any atom is 0.396 e. The Labute approximate surface area is 202 Å². The molecule has 0 N–H and O–H groups in total. The van der Waals surface area contributed by atoms with E-state index in [0.717, 1.165) is 21.3 Å². The zero-order valence-electron chi connectivity index (χ0n) is 17.1. The number of hydrogen-bond acceptors (Lipinski definition) is 6. The Morgan fingerprint density at radius 1 is 1.12 bits per heavy atom. The molecule has 0 amide bonds. The molecule has 0 saturated carbocycles. The number of nitrogens with zero attached hydrogens (tertiary/aromatic N) is 4. The van der Waals surface area contributed by atoms with Crippen molar-refractivity contribution in [3.8, 4) is 28.5 Å². The highest BCUT2D eigenvalue weighted by atomic mass is 79.9. The minimum Gasteiger partial charge on any atom is -0.459 e. The van der Waals surface area contributed by atoms with Gasteiger partial charge in [0, 0.05) is 20.6 Å². The van der Waals surface area contributed by atoms with Gasteiger partial charge in [-0.3, -0.25) is 0 Å². The van der Waals surface area contributed by atoms with Gasteiger partial charge >= 0.3 is 11.9 Å². The fraction of sp³-hybridized carbons (Fsp3) is 0.182. The normalized spacial score (nSPS) is 11.0. The van der Waals surface area contributed by atoms with Crippen molar-refractivity contribution < 1.29 is 13.9 Å². The van der Waals surface area contributed by atoms with Crippen molar-refractivity contribution in [1.82, 2.24) is 20.0 Å². The Bertz CT molecular complexity index is 1290. The molecule has 0 aliphatic rings. The molecule has 0 saturated heterocycles. The van der Waals surface area contributed by atoms with Crippen molar-refractivity contribution in [2.75, 3.05) is 6.61 Å². The second-order valence-electron chi connectivity index (χ2n) is 6.68. The zero-order valence-corrected chi connectivity index (χ0v) is 20.2. The van der Waals surface area contributed by atoms with Gasteiger partial charge in [0.05, 0.1) is 23.0 Å². The van der Waals surface area contributed by atoms with E-state index < -0.39 is 5.97 Å². The number of rotatable bonds is 6. The van der Waals surface area contributed by atoms with Crippen molar-refractivity contribution in [3.63, 3.8) is 0 Å². The van der Waals surface area contributed by atoms with E-state index in [9.17, 15) is 4.79 Å². The number of aromatic nitrogens is 4. The summed E-state index contributed by atoms with van der Waals surface area (Å²) in [6.07, 6.45) is 0.614. The standard InChI is InChI=1S/C22H17BrCl2N4O3/c1-3-15-18(20-26-27-21(32-20)22(30)31-4-2)28-29(17-10-9-14(24)11-16(17)25)19(15)12-5-7-13(23)8-6-12/h5-11H,3-4H2,1-2H3. The third kappa shape index (κ3) is 4.30. The molecule has 0 aliphatic carbocycles. The van der Waals surface area contributed by atoms with Crippen LogP contribution in [0.25, 0.3) is 28.5 Å². The number of halogens is 3. The van der Waals surface area contributed by atoms with Gasteiger partial charge in [-0.25, -0.2) is 9.48 Å². The van der Waals surface area contributed by atoms with Gasteiger partial charge in [0.1, 0.15) is 0 Å². The van der Waals surface area contributed by atoms with Gasteiger partial charge in [-0.1, -0.05) is 58.2 Å². The highest BCUT2D eigenvalue weighted by molar-refractivity contribution is 9.10. The first-order valence-electron chi connectivity index (χ1n) is 9.77. The SMILES string of the molecule is CCOC(=O)c1nnc(-c2nn(-c3ccc(Cl)cc3Cl)c(-c3ccc(Br)cc3)c2CC)o1. The lowest BCUT2D eigenvalue weighted by atomic mass is 10.0. The van der Waals surface area contributed by atoms with Crippen molar-refractivity contribution in [2.45, 2.75) is 20.3 Å². The summed E-state index contributed by atoms with van der Waals surface area (Å²) >= 11 is 16.1. The minimum atomic E-state index is -0.683. The summed E-state index contributed by atoms with van der Waals surface area (Å²) in [5.41, 5.74) is 3.69. The largest absolute Gasteiger partial charge is 0.459 e. The van der Waals surface area contributed by atoms with Gasteiger partial charge in [0.2, 0.25) is 0 Å². The van der Waals surface area contributed by atoms with Crippen LogP contribution in [0.5, 0.6) is 0 Å². The Morgan fingerprint density at radius 3 is 2.53 bits per heavy atom. The Balaban J connectivity index is 1.94. The molecule has 7 nitrogen and oxygen atoms in total. The summed E-state index contributed by atoms with van der Waals surface area (Å²) in [5.74, 6) is -0.794. The summed E-state index contributed by atoms with van der Waals surface area (Å²) < 4.78 is 13.2. The number of ether oxygens (including phenoxy) is 1. The molecule has 0 unspecified atom stereocenters. The summed E-state index contributed by atoms with van der Waals surface area (Å²) in [5, 5.41) is 13.6. The van der Waals surface area contributed by atoms with Gasteiger partial charge in [0.25, 0.3) is 5.89 Å². The lowest BCUT2D eigenvalue weighted by molar-refractivity contribution is 0.0481. The van der Waals surface area contributed by atoms with Gasteiger partial charge in [-0.05, 0) is 43.7 Å². The summed E-state index contributed by atoms with van der Waals surface area (Å²) in [6, 6.07) is 13.0. The van der Waals surface area contributed by atoms with Gasteiger partial charge in [0.15, 0.2) is 5.69 Å². The second kappa shape index (κ2) is 9.44. The smallest absolute Gasteiger partial charge is 0.396 e. The van der Waals surface area contributed by atoms with Crippen LogP contribution in [0.2, 0.25) is 10.0 Å². The lowest BCUT2D eigenvalue weighted by Gasteiger charge is -2.11. The molecule has 4 aromatic rings. The van der Waals surface area contributed by atoms with E-state index in [4.69, 9.17) is 37.5 Å². The molecule has 0 atom stereocenters. The highest BCUT2D eigenvalue weighted by Gasteiger charge is 2.26. The third-order valence-corrected chi connectivity index (χ3v) is 5.74. The molecular formula is C22H17BrCl2N4O3. The fourth-order valence-electron chi connectivity index (χ4n) is 3.28. The molecule has 164 valence electrons. The maximum atomic E-state index is 12.0. The molecule has 2 aromatic heterocycles. The van der Waals surface area contributed by atoms with Crippen LogP contribution < -0.4 is 0 Å². The molecule has 32 heavy (non-hydrogen) atoms. The first-order valence-corrected chi connectivity index (χ1v) is 11.3. The Kier molecular flexibility index (Phi) is 6.64. The van der Waals surface area contributed by atoms with Gasteiger partial charge in [-0.2, -0.15) is 5.10 Å².